The lowest BCUT2D eigenvalue weighted by Gasteiger charge is -2.40. The van der Waals surface area contributed by atoms with Crippen molar-refractivity contribution >= 4 is 0 Å². The molecule has 4 atom stereocenters. The van der Waals surface area contributed by atoms with Gasteiger partial charge in [0.2, 0.25) is 0 Å². The maximum atomic E-state index is 6.06. The Balaban J connectivity index is 1.36. The van der Waals surface area contributed by atoms with E-state index in [1.165, 1.54) is 31.4 Å². The van der Waals surface area contributed by atoms with Crippen molar-refractivity contribution in [2.45, 2.75) is 68.5 Å². The Morgan fingerprint density at radius 2 is 2.22 bits per heavy atom. The van der Waals surface area contributed by atoms with Gasteiger partial charge >= 0.3 is 0 Å². The van der Waals surface area contributed by atoms with Crippen LogP contribution in [0.4, 0.5) is 0 Å². The first-order valence-corrected chi connectivity index (χ1v) is 9.20. The van der Waals surface area contributed by atoms with E-state index in [1.807, 2.05) is 10.9 Å². The molecular formula is C18H29N3O2. The fourth-order valence-corrected chi connectivity index (χ4v) is 4.76. The van der Waals surface area contributed by atoms with E-state index in [0.29, 0.717) is 18.0 Å². The first-order chi connectivity index (χ1) is 11.2. The smallest absolute Gasteiger partial charge is 0.0951 e. The highest BCUT2D eigenvalue weighted by Crippen LogP contribution is 2.36. The van der Waals surface area contributed by atoms with Crippen LogP contribution in [-0.2, 0) is 16.5 Å². The number of hydrogen-bond donors (Lipinski definition) is 1. The maximum absolute atomic E-state index is 6.06. The maximum Gasteiger partial charge on any atom is 0.0951 e. The Morgan fingerprint density at radius 1 is 1.26 bits per heavy atom. The molecule has 1 aliphatic carbocycles. The van der Waals surface area contributed by atoms with Crippen LogP contribution in [0.2, 0.25) is 0 Å². The van der Waals surface area contributed by atoms with Crippen LogP contribution in [0.25, 0.3) is 0 Å². The van der Waals surface area contributed by atoms with Crippen molar-refractivity contribution in [2.24, 2.45) is 7.05 Å². The van der Waals surface area contributed by atoms with Crippen LogP contribution >= 0.6 is 0 Å². The topological polar surface area (TPSA) is 48.3 Å². The van der Waals surface area contributed by atoms with Crippen molar-refractivity contribution in [1.29, 1.82) is 0 Å². The molecule has 23 heavy (non-hydrogen) atoms. The van der Waals surface area contributed by atoms with Crippen molar-refractivity contribution in [2.75, 3.05) is 19.8 Å². The zero-order chi connectivity index (χ0) is 15.7. The normalized spacial score (nSPS) is 38.2. The van der Waals surface area contributed by atoms with Crippen molar-refractivity contribution in [3.05, 3.63) is 18.0 Å². The van der Waals surface area contributed by atoms with Crippen LogP contribution < -0.4 is 5.32 Å². The van der Waals surface area contributed by atoms with Crippen molar-refractivity contribution in [3.8, 4) is 0 Å². The third kappa shape index (κ3) is 3.32. The highest BCUT2D eigenvalue weighted by Gasteiger charge is 2.41. The number of aromatic nitrogens is 2. The Hall–Kier alpha value is -0.910. The molecule has 0 bridgehead atoms. The largest absolute Gasteiger partial charge is 0.378 e. The SMILES string of the molecule is Cn1nccc1C1CCCC(NC2CCOC3(CCOC3)C2)C1. The van der Waals surface area contributed by atoms with Crippen LogP contribution in [0.15, 0.2) is 12.3 Å². The summed E-state index contributed by atoms with van der Waals surface area (Å²) in [6.45, 7) is 2.52. The predicted octanol–water partition coefficient (Wildman–Crippen LogP) is 2.37. The summed E-state index contributed by atoms with van der Waals surface area (Å²) in [6, 6.07) is 3.40. The summed E-state index contributed by atoms with van der Waals surface area (Å²) in [4.78, 5) is 0. The zero-order valence-corrected chi connectivity index (χ0v) is 14.2. The van der Waals surface area contributed by atoms with Gasteiger partial charge in [0.1, 0.15) is 0 Å². The van der Waals surface area contributed by atoms with E-state index in [2.05, 4.69) is 23.5 Å². The van der Waals surface area contributed by atoms with E-state index in [-0.39, 0.29) is 5.60 Å². The standard InChI is InChI=1S/C18H29N3O2/c1-21-17(5-8-19-21)14-3-2-4-15(11-14)20-16-6-9-23-18(12-16)7-10-22-13-18/h5,8,14-16,20H,2-4,6-7,9-13H2,1H3. The minimum atomic E-state index is 0.00598. The lowest BCUT2D eigenvalue weighted by atomic mass is 9.82. The molecule has 128 valence electrons. The average Bonchev–Trinajstić information content (AvgIpc) is 3.17. The Labute approximate surface area is 138 Å². The second-order valence-electron chi connectivity index (χ2n) is 7.63. The van der Waals surface area contributed by atoms with Gasteiger partial charge in [0.05, 0.1) is 12.2 Å². The number of hydrogen-bond acceptors (Lipinski definition) is 4. The van der Waals surface area contributed by atoms with Crippen LogP contribution in [0, 0.1) is 0 Å². The molecule has 0 amide bonds. The first-order valence-electron chi connectivity index (χ1n) is 9.20. The van der Waals surface area contributed by atoms with Crippen LogP contribution in [0.5, 0.6) is 0 Å². The molecule has 4 rings (SSSR count). The molecular weight excluding hydrogens is 290 g/mol. The molecule has 1 aromatic rings. The zero-order valence-electron chi connectivity index (χ0n) is 14.2. The fraction of sp³-hybridized carbons (Fsp3) is 0.833. The third-order valence-corrected chi connectivity index (χ3v) is 5.98. The van der Waals surface area contributed by atoms with Gasteiger partial charge in [-0.05, 0) is 38.2 Å². The van der Waals surface area contributed by atoms with Crippen LogP contribution in [0.3, 0.4) is 0 Å². The molecule has 3 aliphatic rings. The van der Waals surface area contributed by atoms with Gasteiger partial charge in [0.25, 0.3) is 0 Å². The minimum Gasteiger partial charge on any atom is -0.378 e. The molecule has 2 aliphatic heterocycles. The van der Waals surface area contributed by atoms with Gasteiger partial charge in [-0.2, -0.15) is 5.10 Å². The van der Waals surface area contributed by atoms with E-state index >= 15 is 0 Å². The van der Waals surface area contributed by atoms with Gasteiger partial charge in [-0.15, -0.1) is 0 Å². The number of nitrogens with one attached hydrogen (secondary N) is 1. The van der Waals surface area contributed by atoms with Gasteiger partial charge in [-0.25, -0.2) is 0 Å². The van der Waals surface area contributed by atoms with Gasteiger partial charge in [0.15, 0.2) is 0 Å². The fourth-order valence-electron chi connectivity index (χ4n) is 4.76. The molecule has 1 saturated carbocycles. The first kappa shape index (κ1) is 15.6. The van der Waals surface area contributed by atoms with E-state index in [4.69, 9.17) is 9.47 Å². The van der Waals surface area contributed by atoms with Crippen molar-refractivity contribution in [1.82, 2.24) is 15.1 Å². The summed E-state index contributed by atoms with van der Waals surface area (Å²) in [5.74, 6) is 0.650. The van der Waals surface area contributed by atoms with E-state index in [0.717, 1.165) is 39.1 Å². The van der Waals surface area contributed by atoms with E-state index in [9.17, 15) is 0 Å². The number of ether oxygens (including phenoxy) is 2. The summed E-state index contributed by atoms with van der Waals surface area (Å²) in [7, 11) is 2.06. The summed E-state index contributed by atoms with van der Waals surface area (Å²) in [5, 5.41) is 8.30. The average molecular weight is 319 g/mol. The lowest BCUT2D eigenvalue weighted by molar-refractivity contribution is -0.0907. The van der Waals surface area contributed by atoms with Crippen LogP contribution in [-0.4, -0.2) is 47.3 Å². The Kier molecular flexibility index (Phi) is 4.43. The van der Waals surface area contributed by atoms with Crippen LogP contribution in [0.1, 0.15) is 56.6 Å². The molecule has 4 unspecified atom stereocenters. The van der Waals surface area contributed by atoms with Gasteiger partial charge < -0.3 is 14.8 Å². The molecule has 0 radical (unpaired) electrons. The van der Waals surface area contributed by atoms with E-state index < -0.39 is 0 Å². The monoisotopic (exact) mass is 319 g/mol. The molecule has 5 heteroatoms. The summed E-state index contributed by atoms with van der Waals surface area (Å²) in [6.07, 6.45) is 10.4. The van der Waals surface area contributed by atoms with E-state index in [1.54, 1.807) is 0 Å². The highest BCUT2D eigenvalue weighted by molar-refractivity contribution is 5.09. The molecule has 3 fully saturated rings. The molecule has 0 aromatic carbocycles. The van der Waals surface area contributed by atoms with Gasteiger partial charge in [0, 0.05) is 56.6 Å². The number of nitrogens with zero attached hydrogens (tertiary/aromatic N) is 2. The van der Waals surface area contributed by atoms with Gasteiger partial charge in [-0.1, -0.05) is 6.42 Å². The molecule has 3 heterocycles. The lowest BCUT2D eigenvalue weighted by Crippen LogP contribution is -2.50. The molecule has 2 saturated heterocycles. The molecule has 1 aromatic heterocycles. The predicted molar refractivity (Wildman–Crippen MR) is 88.5 cm³/mol. The summed E-state index contributed by atoms with van der Waals surface area (Å²) >= 11 is 0. The molecule has 5 nitrogen and oxygen atoms in total. The number of rotatable bonds is 3. The summed E-state index contributed by atoms with van der Waals surface area (Å²) < 4.78 is 13.7. The minimum absolute atomic E-state index is 0.00598. The molecule has 1 N–H and O–H groups in total. The summed E-state index contributed by atoms with van der Waals surface area (Å²) in [5.41, 5.74) is 1.40. The van der Waals surface area contributed by atoms with Crippen molar-refractivity contribution < 1.29 is 9.47 Å². The Bertz CT molecular complexity index is 524. The van der Waals surface area contributed by atoms with Gasteiger partial charge in [-0.3, -0.25) is 4.68 Å². The number of aryl methyl sites for hydroxylation is 1. The van der Waals surface area contributed by atoms with Crippen molar-refractivity contribution in [3.63, 3.8) is 0 Å². The Morgan fingerprint density at radius 3 is 3.00 bits per heavy atom. The highest BCUT2D eigenvalue weighted by atomic mass is 16.6. The third-order valence-electron chi connectivity index (χ3n) is 5.98. The quantitative estimate of drug-likeness (QED) is 0.929. The molecule has 1 spiro atoms. The second-order valence-corrected chi connectivity index (χ2v) is 7.63. The second kappa shape index (κ2) is 6.54.